The molecule has 1 heterocycles. The number of amidine groups is 1. The molecule has 0 aliphatic heterocycles. The molecule has 3 N–H and O–H groups in total. The maximum Gasteiger partial charge on any atom is 0.175 e. The molecule has 0 saturated carbocycles. The standard InChI is InChI=1S/C9H16N4/c1-3-5-7-6-9(13-12-7)11-8(10)4-2/h6H,3-5H2,1-2H3,(H3,10,11,12,13). The Balaban J connectivity index is 2.68. The zero-order valence-corrected chi connectivity index (χ0v) is 8.17. The Hall–Kier alpha value is -1.32. The fourth-order valence-electron chi connectivity index (χ4n) is 1.03. The van der Waals surface area contributed by atoms with E-state index >= 15 is 0 Å². The minimum absolute atomic E-state index is 0.620. The lowest BCUT2D eigenvalue weighted by Crippen LogP contribution is -2.08. The molecule has 0 spiro atoms. The molecule has 0 bridgehead atoms. The van der Waals surface area contributed by atoms with Gasteiger partial charge in [0.2, 0.25) is 0 Å². The molecule has 0 aliphatic carbocycles. The minimum atomic E-state index is 0.620. The second kappa shape index (κ2) is 4.64. The third kappa shape index (κ3) is 2.89. The molecule has 0 aromatic carbocycles. The highest BCUT2D eigenvalue weighted by molar-refractivity contribution is 5.82. The van der Waals surface area contributed by atoms with Crippen LogP contribution in [0.25, 0.3) is 0 Å². The van der Waals surface area contributed by atoms with E-state index < -0.39 is 0 Å². The summed E-state index contributed by atoms with van der Waals surface area (Å²) in [5, 5.41) is 6.95. The summed E-state index contributed by atoms with van der Waals surface area (Å²) in [6, 6.07) is 1.94. The number of aryl methyl sites for hydroxylation is 1. The third-order valence-electron chi connectivity index (χ3n) is 1.76. The highest BCUT2D eigenvalue weighted by atomic mass is 15.2. The van der Waals surface area contributed by atoms with E-state index in [1.165, 1.54) is 0 Å². The number of aliphatic imine (C=N–C) groups is 1. The van der Waals surface area contributed by atoms with Crippen LogP contribution in [-0.2, 0) is 6.42 Å². The first-order chi connectivity index (χ1) is 6.26. The molecule has 1 aromatic heterocycles. The van der Waals surface area contributed by atoms with Crippen LogP contribution >= 0.6 is 0 Å². The monoisotopic (exact) mass is 180 g/mol. The summed E-state index contributed by atoms with van der Waals surface area (Å²) in [6.45, 7) is 4.10. The zero-order valence-electron chi connectivity index (χ0n) is 8.17. The molecule has 0 atom stereocenters. The van der Waals surface area contributed by atoms with Gasteiger partial charge in [-0.15, -0.1) is 0 Å². The Morgan fingerprint density at radius 2 is 2.38 bits per heavy atom. The second-order valence-electron chi connectivity index (χ2n) is 2.96. The Labute approximate surface area is 78.3 Å². The van der Waals surface area contributed by atoms with Crippen molar-refractivity contribution in [3.05, 3.63) is 11.8 Å². The lowest BCUT2D eigenvalue weighted by molar-refractivity contribution is 0.867. The van der Waals surface area contributed by atoms with Crippen LogP contribution in [0.15, 0.2) is 11.1 Å². The lowest BCUT2D eigenvalue weighted by Gasteiger charge is -1.90. The van der Waals surface area contributed by atoms with Crippen LogP contribution in [-0.4, -0.2) is 16.0 Å². The predicted octanol–water partition coefficient (Wildman–Crippen LogP) is 1.76. The molecule has 72 valence electrons. The molecule has 1 rings (SSSR count). The second-order valence-corrected chi connectivity index (χ2v) is 2.96. The van der Waals surface area contributed by atoms with E-state index in [1.54, 1.807) is 0 Å². The molecule has 0 radical (unpaired) electrons. The van der Waals surface area contributed by atoms with Gasteiger partial charge in [-0.3, -0.25) is 5.10 Å². The van der Waals surface area contributed by atoms with Crippen molar-refractivity contribution in [2.24, 2.45) is 10.7 Å². The maximum atomic E-state index is 5.58. The molecule has 4 heteroatoms. The van der Waals surface area contributed by atoms with E-state index in [2.05, 4.69) is 22.1 Å². The van der Waals surface area contributed by atoms with E-state index in [9.17, 15) is 0 Å². The van der Waals surface area contributed by atoms with E-state index in [4.69, 9.17) is 5.73 Å². The number of rotatable bonds is 4. The summed E-state index contributed by atoms with van der Waals surface area (Å²) in [4.78, 5) is 4.13. The van der Waals surface area contributed by atoms with Gasteiger partial charge in [0.05, 0.1) is 0 Å². The minimum Gasteiger partial charge on any atom is -0.387 e. The number of nitrogens with two attached hydrogens (primary N) is 1. The summed E-state index contributed by atoms with van der Waals surface area (Å²) < 4.78 is 0. The van der Waals surface area contributed by atoms with Gasteiger partial charge >= 0.3 is 0 Å². The summed E-state index contributed by atoms with van der Waals surface area (Å²) in [7, 11) is 0. The molecule has 0 amide bonds. The smallest absolute Gasteiger partial charge is 0.175 e. The highest BCUT2D eigenvalue weighted by Gasteiger charge is 1.98. The van der Waals surface area contributed by atoms with Crippen molar-refractivity contribution in [3.63, 3.8) is 0 Å². The number of aromatic amines is 1. The molecule has 0 unspecified atom stereocenters. The number of hydrogen-bond acceptors (Lipinski definition) is 2. The van der Waals surface area contributed by atoms with Gasteiger partial charge in [0.15, 0.2) is 5.82 Å². The molecule has 1 aromatic rings. The number of nitrogens with zero attached hydrogens (tertiary/aromatic N) is 2. The zero-order chi connectivity index (χ0) is 9.68. The highest BCUT2D eigenvalue weighted by Crippen LogP contribution is 2.10. The Kier molecular flexibility index (Phi) is 3.49. The SMILES string of the molecule is CCCc1cc(N=C(N)CC)n[nH]1. The quantitative estimate of drug-likeness (QED) is 0.547. The third-order valence-corrected chi connectivity index (χ3v) is 1.76. The molecule has 0 fully saturated rings. The number of H-pyrrole nitrogens is 1. The van der Waals surface area contributed by atoms with Gasteiger partial charge in [0.1, 0.15) is 5.84 Å². The van der Waals surface area contributed by atoms with Gasteiger partial charge in [0.25, 0.3) is 0 Å². The van der Waals surface area contributed by atoms with Crippen molar-refractivity contribution < 1.29 is 0 Å². The largest absolute Gasteiger partial charge is 0.387 e. The summed E-state index contributed by atoms with van der Waals surface area (Å²) in [5.74, 6) is 1.30. The van der Waals surface area contributed by atoms with Crippen LogP contribution in [0.3, 0.4) is 0 Å². The summed E-state index contributed by atoms with van der Waals surface area (Å²) in [5.41, 5.74) is 6.70. The first-order valence-corrected chi connectivity index (χ1v) is 4.63. The van der Waals surface area contributed by atoms with Gasteiger partial charge in [-0.05, 0) is 6.42 Å². The predicted molar refractivity (Wildman–Crippen MR) is 54.2 cm³/mol. The molecule has 4 nitrogen and oxygen atoms in total. The molecular weight excluding hydrogens is 164 g/mol. The lowest BCUT2D eigenvalue weighted by atomic mass is 10.2. The van der Waals surface area contributed by atoms with Crippen molar-refractivity contribution in [1.82, 2.24) is 10.2 Å². The molecule has 13 heavy (non-hydrogen) atoms. The van der Waals surface area contributed by atoms with Gasteiger partial charge in [-0.25, -0.2) is 4.99 Å². The average molecular weight is 180 g/mol. The van der Waals surface area contributed by atoms with Crippen molar-refractivity contribution >= 4 is 11.7 Å². The number of hydrogen-bond donors (Lipinski definition) is 2. The topological polar surface area (TPSA) is 67.1 Å². The van der Waals surface area contributed by atoms with Crippen LogP contribution in [0.4, 0.5) is 5.82 Å². The van der Waals surface area contributed by atoms with Crippen LogP contribution in [0.2, 0.25) is 0 Å². The van der Waals surface area contributed by atoms with Crippen LogP contribution < -0.4 is 5.73 Å². The van der Waals surface area contributed by atoms with Crippen LogP contribution in [0, 0.1) is 0 Å². The Bertz CT molecular complexity index is 288. The van der Waals surface area contributed by atoms with E-state index in [0.29, 0.717) is 11.7 Å². The summed E-state index contributed by atoms with van der Waals surface area (Å²) in [6.07, 6.45) is 2.87. The van der Waals surface area contributed by atoms with Crippen LogP contribution in [0.1, 0.15) is 32.4 Å². The van der Waals surface area contributed by atoms with Gasteiger partial charge in [0, 0.05) is 18.2 Å². The number of aromatic nitrogens is 2. The van der Waals surface area contributed by atoms with E-state index in [0.717, 1.165) is 25.0 Å². The average Bonchev–Trinajstić information content (AvgIpc) is 2.53. The Morgan fingerprint density at radius 1 is 1.62 bits per heavy atom. The fraction of sp³-hybridized carbons (Fsp3) is 0.556. The van der Waals surface area contributed by atoms with Gasteiger partial charge in [-0.1, -0.05) is 20.3 Å². The van der Waals surface area contributed by atoms with Crippen molar-refractivity contribution in [1.29, 1.82) is 0 Å². The molecule has 0 saturated heterocycles. The van der Waals surface area contributed by atoms with Crippen molar-refractivity contribution in [2.45, 2.75) is 33.1 Å². The summed E-state index contributed by atoms with van der Waals surface area (Å²) >= 11 is 0. The number of nitrogens with one attached hydrogen (secondary N) is 1. The van der Waals surface area contributed by atoms with E-state index in [-0.39, 0.29) is 0 Å². The molecule has 0 aliphatic rings. The van der Waals surface area contributed by atoms with Gasteiger partial charge in [-0.2, -0.15) is 5.10 Å². The van der Waals surface area contributed by atoms with Crippen molar-refractivity contribution in [2.75, 3.05) is 0 Å². The molecular formula is C9H16N4. The van der Waals surface area contributed by atoms with Crippen LogP contribution in [0.5, 0.6) is 0 Å². The first kappa shape index (κ1) is 9.77. The fourth-order valence-corrected chi connectivity index (χ4v) is 1.03. The maximum absolute atomic E-state index is 5.58. The first-order valence-electron chi connectivity index (χ1n) is 4.63. The Morgan fingerprint density at radius 3 is 3.00 bits per heavy atom. The normalized spacial score (nSPS) is 12.0. The van der Waals surface area contributed by atoms with E-state index in [1.807, 2.05) is 13.0 Å². The van der Waals surface area contributed by atoms with Crippen molar-refractivity contribution in [3.8, 4) is 0 Å². The van der Waals surface area contributed by atoms with Gasteiger partial charge < -0.3 is 5.73 Å².